The van der Waals surface area contributed by atoms with E-state index in [4.69, 9.17) is 13.9 Å². The van der Waals surface area contributed by atoms with Crippen LogP contribution in [-0.2, 0) is 0 Å². The largest absolute Gasteiger partial charge is 0.508 e. The fourth-order valence-electron chi connectivity index (χ4n) is 1.98. The summed E-state index contributed by atoms with van der Waals surface area (Å²) in [5.74, 6) is -0.179. The van der Waals surface area contributed by atoms with E-state index >= 15 is 0 Å². The van der Waals surface area contributed by atoms with Crippen molar-refractivity contribution in [3.8, 4) is 23.0 Å². The lowest BCUT2D eigenvalue weighted by atomic mass is 10.3. The number of aliphatic hydroxyl groups is 1. The lowest BCUT2D eigenvalue weighted by Crippen LogP contribution is -2.08. The Hall–Kier alpha value is -3.45. The Kier molecular flexibility index (Phi) is 4.58. The van der Waals surface area contributed by atoms with Crippen LogP contribution in [0, 0.1) is 0 Å². The quantitative estimate of drug-likeness (QED) is 0.371. The molecule has 7 heteroatoms. The van der Waals surface area contributed by atoms with Crippen LogP contribution in [0.1, 0.15) is 22.6 Å². The third-order valence-electron chi connectivity index (χ3n) is 3.20. The highest BCUT2D eigenvalue weighted by Gasteiger charge is 2.19. The minimum absolute atomic E-state index is 0.0192. The first-order chi connectivity index (χ1) is 12.0. The number of furan rings is 1. The molecule has 25 heavy (non-hydrogen) atoms. The number of hydrogen-bond acceptors (Lipinski definition) is 7. The van der Waals surface area contributed by atoms with Crippen molar-refractivity contribution in [3.05, 3.63) is 72.2 Å². The van der Waals surface area contributed by atoms with E-state index in [-0.39, 0.29) is 28.8 Å². The van der Waals surface area contributed by atoms with Gasteiger partial charge in [-0.2, -0.15) is 0 Å². The van der Waals surface area contributed by atoms with Gasteiger partial charge in [0.05, 0.1) is 0 Å². The van der Waals surface area contributed by atoms with Crippen molar-refractivity contribution >= 4 is 5.97 Å². The summed E-state index contributed by atoms with van der Waals surface area (Å²) >= 11 is 0. The van der Waals surface area contributed by atoms with E-state index in [0.717, 1.165) is 0 Å². The van der Waals surface area contributed by atoms with Crippen molar-refractivity contribution in [3.63, 3.8) is 0 Å². The third kappa shape index (κ3) is 4.10. The van der Waals surface area contributed by atoms with Crippen molar-refractivity contribution < 1.29 is 34.0 Å². The fourth-order valence-corrected chi connectivity index (χ4v) is 1.98. The molecule has 1 unspecified atom stereocenters. The van der Waals surface area contributed by atoms with E-state index < -0.39 is 12.3 Å². The number of hydrogen-bond donors (Lipinski definition) is 3. The molecule has 3 N–H and O–H groups in total. The van der Waals surface area contributed by atoms with E-state index in [0.29, 0.717) is 5.75 Å². The van der Waals surface area contributed by atoms with Gasteiger partial charge in [0, 0.05) is 0 Å². The van der Waals surface area contributed by atoms with Crippen LogP contribution in [0.25, 0.3) is 0 Å². The van der Waals surface area contributed by atoms with Crippen molar-refractivity contribution in [2.75, 3.05) is 0 Å². The fraction of sp³-hybridized carbons (Fsp3) is 0.0556. The number of aromatic hydroxyl groups is 2. The monoisotopic (exact) mass is 342 g/mol. The Balaban J connectivity index is 1.65. The predicted molar refractivity (Wildman–Crippen MR) is 85.5 cm³/mol. The van der Waals surface area contributed by atoms with Crippen LogP contribution in [0.5, 0.6) is 23.0 Å². The summed E-state index contributed by atoms with van der Waals surface area (Å²) in [5, 5.41) is 28.4. The molecular formula is C18H14O7. The first-order valence-corrected chi connectivity index (χ1v) is 7.26. The van der Waals surface area contributed by atoms with Crippen LogP contribution in [0.4, 0.5) is 0 Å². The zero-order chi connectivity index (χ0) is 17.8. The molecule has 1 heterocycles. The summed E-state index contributed by atoms with van der Waals surface area (Å²) in [6.45, 7) is 0. The molecule has 0 radical (unpaired) electrons. The molecule has 7 nitrogen and oxygen atoms in total. The molecule has 0 saturated carbocycles. The van der Waals surface area contributed by atoms with Gasteiger partial charge < -0.3 is 29.2 Å². The highest BCUT2D eigenvalue weighted by molar-refractivity contribution is 5.88. The number of phenolic OH excluding ortho intramolecular Hbond substituents is 2. The van der Waals surface area contributed by atoms with Gasteiger partial charge >= 0.3 is 5.97 Å². The average molecular weight is 342 g/mol. The Labute approximate surface area is 142 Å². The summed E-state index contributed by atoms with van der Waals surface area (Å²) in [5.41, 5.74) is 0. The van der Waals surface area contributed by atoms with Crippen LogP contribution >= 0.6 is 0 Å². The Morgan fingerprint density at radius 1 is 0.840 bits per heavy atom. The molecular weight excluding hydrogens is 328 g/mol. The van der Waals surface area contributed by atoms with Gasteiger partial charge in [0.25, 0.3) is 6.29 Å². The van der Waals surface area contributed by atoms with Crippen molar-refractivity contribution in [1.82, 2.24) is 0 Å². The molecule has 0 saturated heterocycles. The standard InChI is InChI=1S/C18H14O7/c19-11-1-5-13(6-2-11)23-17(21)15-9-10-16(25-15)18(22)24-14-7-3-12(20)4-8-14/h1-10,17,19-21H. The van der Waals surface area contributed by atoms with Crippen LogP contribution < -0.4 is 9.47 Å². The lowest BCUT2D eigenvalue weighted by Gasteiger charge is -2.11. The van der Waals surface area contributed by atoms with Gasteiger partial charge in [-0.3, -0.25) is 0 Å². The lowest BCUT2D eigenvalue weighted by molar-refractivity contribution is -0.0362. The van der Waals surface area contributed by atoms with Gasteiger partial charge in [-0.15, -0.1) is 0 Å². The number of esters is 1. The normalized spacial score (nSPS) is 11.7. The number of benzene rings is 2. The zero-order valence-corrected chi connectivity index (χ0v) is 12.8. The van der Waals surface area contributed by atoms with Crippen LogP contribution in [-0.4, -0.2) is 21.3 Å². The molecule has 2 aromatic carbocycles. The van der Waals surface area contributed by atoms with Gasteiger partial charge in [-0.05, 0) is 60.7 Å². The number of phenols is 2. The first kappa shape index (κ1) is 16.4. The van der Waals surface area contributed by atoms with Gasteiger partial charge in [0.15, 0.2) is 5.76 Å². The van der Waals surface area contributed by atoms with Crippen LogP contribution in [0.3, 0.4) is 0 Å². The molecule has 3 rings (SSSR count). The van der Waals surface area contributed by atoms with E-state index in [1.54, 1.807) is 0 Å². The molecule has 0 spiro atoms. The molecule has 0 aliphatic carbocycles. The summed E-state index contributed by atoms with van der Waals surface area (Å²) in [6, 6.07) is 14.1. The Morgan fingerprint density at radius 3 is 2.00 bits per heavy atom. The van der Waals surface area contributed by atoms with Crippen molar-refractivity contribution in [2.24, 2.45) is 0 Å². The van der Waals surface area contributed by atoms with Gasteiger partial charge in [-0.25, -0.2) is 4.79 Å². The number of ether oxygens (including phenoxy) is 2. The van der Waals surface area contributed by atoms with Gasteiger partial charge in [0.2, 0.25) is 5.76 Å². The molecule has 1 atom stereocenters. The molecule has 0 aliphatic heterocycles. The maximum atomic E-state index is 12.0. The summed E-state index contributed by atoms with van der Waals surface area (Å²) in [7, 11) is 0. The minimum atomic E-state index is -1.43. The predicted octanol–water partition coefficient (Wildman–Crippen LogP) is 2.98. The van der Waals surface area contributed by atoms with Crippen molar-refractivity contribution in [1.29, 1.82) is 0 Å². The van der Waals surface area contributed by atoms with Crippen molar-refractivity contribution in [2.45, 2.75) is 6.29 Å². The number of aliphatic hydroxyl groups excluding tert-OH is 1. The SMILES string of the molecule is O=C(Oc1ccc(O)cc1)c1ccc(C(O)Oc2ccc(O)cc2)o1. The summed E-state index contributed by atoms with van der Waals surface area (Å²) in [4.78, 5) is 12.0. The van der Waals surface area contributed by atoms with Crippen LogP contribution in [0.15, 0.2) is 65.1 Å². The summed E-state index contributed by atoms with van der Waals surface area (Å²) in [6.07, 6.45) is -1.43. The Morgan fingerprint density at radius 2 is 1.40 bits per heavy atom. The third-order valence-corrected chi connectivity index (χ3v) is 3.20. The van der Waals surface area contributed by atoms with Crippen LogP contribution in [0.2, 0.25) is 0 Å². The van der Waals surface area contributed by atoms with Gasteiger partial charge in [0.1, 0.15) is 23.0 Å². The second kappa shape index (κ2) is 6.98. The Bertz CT molecular complexity index is 850. The molecule has 128 valence electrons. The molecule has 0 bridgehead atoms. The minimum Gasteiger partial charge on any atom is -0.508 e. The van der Waals surface area contributed by atoms with E-state index in [2.05, 4.69) is 0 Å². The average Bonchev–Trinajstić information content (AvgIpc) is 3.09. The smallest absolute Gasteiger partial charge is 0.379 e. The molecule has 0 amide bonds. The molecule has 3 aromatic rings. The molecule has 0 fully saturated rings. The topological polar surface area (TPSA) is 109 Å². The maximum absolute atomic E-state index is 12.0. The maximum Gasteiger partial charge on any atom is 0.379 e. The van der Waals surface area contributed by atoms with Gasteiger partial charge in [-0.1, -0.05) is 0 Å². The molecule has 1 aromatic heterocycles. The number of carbonyl (C=O) groups is 1. The van der Waals surface area contributed by atoms with E-state index in [1.165, 1.54) is 60.7 Å². The van der Waals surface area contributed by atoms with E-state index in [9.17, 15) is 20.1 Å². The van der Waals surface area contributed by atoms with E-state index in [1.807, 2.05) is 0 Å². The summed E-state index contributed by atoms with van der Waals surface area (Å²) < 4.78 is 15.6. The molecule has 0 aliphatic rings. The number of rotatable bonds is 5. The first-order valence-electron chi connectivity index (χ1n) is 7.26. The second-order valence-electron chi connectivity index (χ2n) is 5.05. The number of carbonyl (C=O) groups excluding carboxylic acids is 1. The zero-order valence-electron chi connectivity index (χ0n) is 12.8. The highest BCUT2D eigenvalue weighted by atomic mass is 16.6. The second-order valence-corrected chi connectivity index (χ2v) is 5.05. The highest BCUT2D eigenvalue weighted by Crippen LogP contribution is 2.24.